The number of rotatable bonds is 2. The van der Waals surface area contributed by atoms with Crippen molar-refractivity contribution in [3.8, 4) is 11.5 Å². The highest BCUT2D eigenvalue weighted by atomic mass is 35.5. The molecule has 0 saturated carbocycles. The van der Waals surface area contributed by atoms with Gasteiger partial charge in [0.2, 0.25) is 0 Å². The van der Waals surface area contributed by atoms with E-state index >= 15 is 0 Å². The van der Waals surface area contributed by atoms with Crippen LogP contribution < -0.4 is 9.47 Å². The topological polar surface area (TPSA) is 52.6 Å². The Bertz CT molecular complexity index is 992. The van der Waals surface area contributed by atoms with Crippen LogP contribution in [0.4, 0.5) is 0 Å². The number of ether oxygens (including phenoxy) is 2. The number of carbonyl (C=O) groups excluding carboxylic acids is 2. The van der Waals surface area contributed by atoms with Crippen LogP contribution in [0, 0.1) is 6.92 Å². The van der Waals surface area contributed by atoms with E-state index in [2.05, 4.69) is 0 Å². The van der Waals surface area contributed by atoms with Crippen LogP contribution in [-0.2, 0) is 9.59 Å². The molecule has 5 heteroatoms. The maximum absolute atomic E-state index is 11.6. The maximum Gasteiger partial charge on any atom is 0.308 e. The summed E-state index contributed by atoms with van der Waals surface area (Å²) in [5.41, 5.74) is 0.835. The van der Waals surface area contributed by atoms with Crippen molar-refractivity contribution in [2.75, 3.05) is 0 Å². The average molecular weight is 343 g/mol. The second-order valence-electron chi connectivity index (χ2n) is 5.51. The Morgan fingerprint density at radius 1 is 0.833 bits per heavy atom. The van der Waals surface area contributed by atoms with Crippen molar-refractivity contribution in [2.24, 2.45) is 0 Å². The predicted molar refractivity (Wildman–Crippen MR) is 93.8 cm³/mol. The van der Waals surface area contributed by atoms with Gasteiger partial charge in [-0.1, -0.05) is 48.0 Å². The zero-order valence-corrected chi connectivity index (χ0v) is 14.2. The smallest absolute Gasteiger partial charge is 0.308 e. The number of hydrogen-bond acceptors (Lipinski definition) is 4. The molecule has 0 unspecified atom stereocenters. The first-order valence-electron chi connectivity index (χ1n) is 7.40. The van der Waals surface area contributed by atoms with Crippen molar-refractivity contribution >= 4 is 45.1 Å². The summed E-state index contributed by atoms with van der Waals surface area (Å²) >= 11 is 6.49. The maximum atomic E-state index is 11.6. The van der Waals surface area contributed by atoms with E-state index in [-0.39, 0.29) is 0 Å². The van der Waals surface area contributed by atoms with E-state index in [1.54, 1.807) is 6.07 Å². The minimum atomic E-state index is -0.445. The molecule has 0 aromatic heterocycles. The molecule has 3 aromatic rings. The highest BCUT2D eigenvalue weighted by Gasteiger charge is 2.21. The van der Waals surface area contributed by atoms with Crippen LogP contribution in [0.3, 0.4) is 0 Å². The van der Waals surface area contributed by atoms with E-state index in [9.17, 15) is 9.59 Å². The molecular weight excluding hydrogens is 328 g/mol. The van der Waals surface area contributed by atoms with Gasteiger partial charge in [-0.3, -0.25) is 9.59 Å². The molecular formula is C19H15ClO4. The first-order valence-corrected chi connectivity index (χ1v) is 7.78. The molecule has 0 N–H and O–H groups in total. The van der Waals surface area contributed by atoms with Crippen LogP contribution in [0.5, 0.6) is 11.5 Å². The number of hydrogen-bond donors (Lipinski definition) is 0. The zero-order chi connectivity index (χ0) is 17.4. The molecule has 0 aliphatic carbocycles. The van der Waals surface area contributed by atoms with E-state index in [1.165, 1.54) is 13.8 Å². The lowest BCUT2D eigenvalue weighted by atomic mass is 9.99. The average Bonchev–Trinajstić information content (AvgIpc) is 2.53. The molecule has 24 heavy (non-hydrogen) atoms. The molecule has 0 spiro atoms. The van der Waals surface area contributed by atoms with Gasteiger partial charge in [0, 0.05) is 35.4 Å². The number of halogens is 1. The normalized spacial score (nSPS) is 10.8. The summed E-state index contributed by atoms with van der Waals surface area (Å²) in [5.74, 6) is -0.0961. The highest BCUT2D eigenvalue weighted by Crippen LogP contribution is 2.46. The van der Waals surface area contributed by atoms with Gasteiger partial charge in [-0.15, -0.1) is 0 Å². The number of esters is 2. The molecule has 0 fully saturated rings. The molecule has 3 rings (SSSR count). The first kappa shape index (κ1) is 16.3. The third-order valence-electron chi connectivity index (χ3n) is 3.71. The molecule has 0 radical (unpaired) electrons. The predicted octanol–water partition coefficient (Wildman–Crippen LogP) is 4.81. The van der Waals surface area contributed by atoms with Crippen LogP contribution in [0.15, 0.2) is 36.4 Å². The van der Waals surface area contributed by atoms with E-state index in [1.807, 2.05) is 37.3 Å². The summed E-state index contributed by atoms with van der Waals surface area (Å²) in [7, 11) is 0. The quantitative estimate of drug-likeness (QED) is 0.381. The van der Waals surface area contributed by atoms with Gasteiger partial charge in [0.25, 0.3) is 0 Å². The fourth-order valence-corrected chi connectivity index (χ4v) is 3.00. The lowest BCUT2D eigenvalue weighted by Crippen LogP contribution is -2.06. The summed E-state index contributed by atoms with van der Waals surface area (Å²) in [6.45, 7) is 4.54. The Balaban J connectivity index is 2.56. The van der Waals surface area contributed by atoms with Crippen LogP contribution in [0.2, 0.25) is 5.02 Å². The fraction of sp³-hybridized carbons (Fsp3) is 0.158. The second kappa shape index (κ2) is 6.13. The standard InChI is InChI=1S/C19H15ClO4/c1-10-8-9-15-16(17(10)20)19(24-12(3)22)14-7-5-4-6-13(14)18(15)23-11(2)21/h4-9H,1-3H3. The lowest BCUT2D eigenvalue weighted by Gasteiger charge is -2.17. The Morgan fingerprint density at radius 2 is 1.38 bits per heavy atom. The number of benzene rings is 3. The van der Waals surface area contributed by atoms with Gasteiger partial charge in [0.05, 0.1) is 5.02 Å². The van der Waals surface area contributed by atoms with E-state index < -0.39 is 11.9 Å². The molecule has 0 aliphatic heterocycles. The van der Waals surface area contributed by atoms with Crippen molar-refractivity contribution in [3.05, 3.63) is 47.0 Å². The lowest BCUT2D eigenvalue weighted by molar-refractivity contribution is -0.132. The van der Waals surface area contributed by atoms with Crippen molar-refractivity contribution in [1.29, 1.82) is 0 Å². The Hall–Kier alpha value is -2.59. The van der Waals surface area contributed by atoms with Crippen LogP contribution >= 0.6 is 11.6 Å². The summed E-state index contributed by atoms with van der Waals surface area (Å²) < 4.78 is 10.9. The molecule has 0 saturated heterocycles. The number of fused-ring (bicyclic) bond motifs is 2. The fourth-order valence-electron chi connectivity index (χ4n) is 2.75. The van der Waals surface area contributed by atoms with Crippen LogP contribution in [-0.4, -0.2) is 11.9 Å². The largest absolute Gasteiger partial charge is 0.425 e. The van der Waals surface area contributed by atoms with Crippen LogP contribution in [0.1, 0.15) is 19.4 Å². The molecule has 0 bridgehead atoms. The summed E-state index contributed by atoms with van der Waals surface area (Å²) in [5, 5.41) is 2.97. The molecule has 0 atom stereocenters. The van der Waals surface area contributed by atoms with Crippen LogP contribution in [0.25, 0.3) is 21.5 Å². The Morgan fingerprint density at radius 3 is 1.96 bits per heavy atom. The van der Waals surface area contributed by atoms with Gasteiger partial charge in [0.1, 0.15) is 11.5 Å². The van der Waals surface area contributed by atoms with Gasteiger partial charge in [-0.05, 0) is 12.5 Å². The second-order valence-corrected chi connectivity index (χ2v) is 5.89. The van der Waals surface area contributed by atoms with E-state index in [0.29, 0.717) is 38.1 Å². The zero-order valence-electron chi connectivity index (χ0n) is 13.5. The third kappa shape index (κ3) is 2.69. The van der Waals surface area contributed by atoms with Gasteiger partial charge < -0.3 is 9.47 Å². The minimum absolute atomic E-state index is 0.373. The number of carbonyl (C=O) groups is 2. The van der Waals surface area contributed by atoms with Gasteiger partial charge in [-0.2, -0.15) is 0 Å². The molecule has 4 nitrogen and oxygen atoms in total. The summed E-state index contributed by atoms with van der Waals surface area (Å²) in [6, 6.07) is 10.9. The minimum Gasteiger partial charge on any atom is -0.425 e. The van der Waals surface area contributed by atoms with E-state index in [0.717, 1.165) is 5.56 Å². The molecule has 0 aliphatic rings. The Labute approximate surface area is 143 Å². The molecule has 0 heterocycles. The SMILES string of the molecule is CC(=O)Oc1c2ccccc2c(OC(C)=O)c2c(Cl)c(C)ccc12. The van der Waals surface area contributed by atoms with Gasteiger partial charge in [0.15, 0.2) is 0 Å². The first-order chi connectivity index (χ1) is 11.4. The molecule has 0 amide bonds. The van der Waals surface area contributed by atoms with Crippen molar-refractivity contribution < 1.29 is 19.1 Å². The molecule has 122 valence electrons. The monoisotopic (exact) mass is 342 g/mol. The van der Waals surface area contributed by atoms with Gasteiger partial charge in [-0.25, -0.2) is 0 Å². The van der Waals surface area contributed by atoms with Crippen molar-refractivity contribution in [1.82, 2.24) is 0 Å². The summed E-state index contributed by atoms with van der Waals surface area (Å²) in [6.07, 6.45) is 0. The third-order valence-corrected chi connectivity index (χ3v) is 4.20. The van der Waals surface area contributed by atoms with Crippen molar-refractivity contribution in [3.63, 3.8) is 0 Å². The summed E-state index contributed by atoms with van der Waals surface area (Å²) in [4.78, 5) is 23.2. The van der Waals surface area contributed by atoms with Crippen molar-refractivity contribution in [2.45, 2.75) is 20.8 Å². The van der Waals surface area contributed by atoms with E-state index in [4.69, 9.17) is 21.1 Å². The number of aryl methyl sites for hydroxylation is 1. The van der Waals surface area contributed by atoms with Gasteiger partial charge >= 0.3 is 11.9 Å². The Kier molecular flexibility index (Phi) is 4.16. The highest BCUT2D eigenvalue weighted by molar-refractivity contribution is 6.38. The molecule has 3 aromatic carbocycles.